The molecule has 0 amide bonds. The molecule has 13 heteroatoms. The molecule has 32 heavy (non-hydrogen) atoms. The van der Waals surface area contributed by atoms with Crippen molar-refractivity contribution in [3.8, 4) is 11.5 Å². The van der Waals surface area contributed by atoms with Gasteiger partial charge >= 0.3 is 13.7 Å². The smallest absolute Gasteiger partial charge is 0.459 e. The van der Waals surface area contributed by atoms with Gasteiger partial charge in [-0.1, -0.05) is 18.2 Å². The number of hydrogen-bond acceptors (Lipinski definition) is 6. The lowest BCUT2D eigenvalue weighted by Crippen LogP contribution is -2.38. The van der Waals surface area contributed by atoms with Gasteiger partial charge in [-0.3, -0.25) is 4.79 Å². The van der Waals surface area contributed by atoms with Crippen molar-refractivity contribution in [3.05, 3.63) is 59.4 Å². The third-order valence-electron chi connectivity index (χ3n) is 3.77. The second-order valence-corrected chi connectivity index (χ2v) is 8.06. The molecule has 176 valence electrons. The summed E-state index contributed by atoms with van der Waals surface area (Å²) >= 11 is 0. The van der Waals surface area contributed by atoms with E-state index in [4.69, 9.17) is 14.0 Å². The van der Waals surface area contributed by atoms with Crippen LogP contribution in [-0.4, -0.2) is 31.8 Å². The quantitative estimate of drug-likeness (QED) is 0.175. The van der Waals surface area contributed by atoms with E-state index in [1.54, 1.807) is 6.07 Å². The van der Waals surface area contributed by atoms with Crippen LogP contribution in [0.4, 0.5) is 22.0 Å². The van der Waals surface area contributed by atoms with Gasteiger partial charge in [0.1, 0.15) is 17.9 Å². The number of nitrogens with one attached hydrogen (secondary N) is 1. The van der Waals surface area contributed by atoms with E-state index in [0.717, 1.165) is 6.92 Å². The number of esters is 1. The monoisotopic (exact) mass is 483 g/mol. The van der Waals surface area contributed by atoms with Crippen molar-refractivity contribution >= 4 is 13.7 Å². The molecule has 3 atom stereocenters. The second kappa shape index (κ2) is 10.8. The lowest BCUT2D eigenvalue weighted by atomic mass is 10.3. The first-order valence-electron chi connectivity index (χ1n) is 9.02. The maximum absolute atomic E-state index is 14.1. The maximum Gasteiger partial charge on any atom is 0.513 e. The highest BCUT2D eigenvalue weighted by Gasteiger charge is 2.38. The molecule has 2 unspecified atom stereocenters. The van der Waals surface area contributed by atoms with Gasteiger partial charge in [-0.25, -0.2) is 17.7 Å². The number of methoxy groups -OCH3 is 1. The van der Waals surface area contributed by atoms with Gasteiger partial charge in [0.15, 0.2) is 0 Å². The summed E-state index contributed by atoms with van der Waals surface area (Å²) in [5, 5.41) is 2.07. The van der Waals surface area contributed by atoms with E-state index in [0.29, 0.717) is 0 Å². The highest BCUT2D eigenvalue weighted by atomic mass is 31.2. The average molecular weight is 483 g/mol. The van der Waals surface area contributed by atoms with Crippen LogP contribution in [0.25, 0.3) is 0 Å². The van der Waals surface area contributed by atoms with Crippen LogP contribution in [0, 0.1) is 29.1 Å². The van der Waals surface area contributed by atoms with Crippen LogP contribution >= 0.6 is 7.75 Å². The molecule has 0 aliphatic carbocycles. The molecule has 0 radical (unpaired) electrons. The number of carbonyl (C=O) groups is 1. The predicted molar refractivity (Wildman–Crippen MR) is 102 cm³/mol. The zero-order chi connectivity index (χ0) is 24.1. The minimum absolute atomic E-state index is 0.0394. The Bertz CT molecular complexity index is 980. The highest BCUT2D eigenvalue weighted by Crippen LogP contribution is 2.47. The fraction of sp³-hybridized carbons (Fsp3) is 0.316. The van der Waals surface area contributed by atoms with Crippen LogP contribution in [0.15, 0.2) is 30.3 Å². The summed E-state index contributed by atoms with van der Waals surface area (Å²) in [6, 6.07) is 5.56. The molecule has 0 saturated heterocycles. The number of carbonyl (C=O) groups excluding carboxylic acids is 1. The van der Waals surface area contributed by atoms with Crippen molar-refractivity contribution in [1.29, 1.82) is 0 Å². The normalized spacial score (nSPS) is 14.9. The Morgan fingerprint density at radius 2 is 1.47 bits per heavy atom. The summed E-state index contributed by atoms with van der Waals surface area (Å²) < 4.78 is 101. The Hall–Kier alpha value is -2.69. The summed E-state index contributed by atoms with van der Waals surface area (Å²) in [5.74, 6) is -14.8. The zero-order valence-electron chi connectivity index (χ0n) is 17.0. The van der Waals surface area contributed by atoms with E-state index >= 15 is 0 Å². The standard InChI is InChI=1S/C19H19F5NO6P/c1-10(9-28-3)29-19(26)11(2)25-32(27,30-12-7-5-4-6-8-12)31-18-16(23)14(21)13(20)15(22)17(18)24/h4-8,10-11H,9H2,1-3H3,(H,25,27)/t10?,11?,32-/m0/s1. The van der Waals surface area contributed by atoms with Gasteiger partial charge in [-0.15, -0.1) is 0 Å². The maximum atomic E-state index is 14.1. The topological polar surface area (TPSA) is 83.1 Å². The summed E-state index contributed by atoms with van der Waals surface area (Å²) in [4.78, 5) is 12.2. The number of rotatable bonds is 10. The summed E-state index contributed by atoms with van der Waals surface area (Å²) in [7, 11) is -3.59. The molecule has 2 rings (SSSR count). The van der Waals surface area contributed by atoms with Crippen LogP contribution in [0.2, 0.25) is 0 Å². The SMILES string of the molecule is COCC(C)OC(=O)C(C)N[P@](=O)(Oc1ccccc1)Oc1c(F)c(F)c(F)c(F)c1F. The number of para-hydroxylation sites is 1. The fourth-order valence-electron chi connectivity index (χ4n) is 2.34. The molecule has 2 aromatic carbocycles. The first-order chi connectivity index (χ1) is 15.0. The number of hydrogen-bond donors (Lipinski definition) is 1. The number of benzene rings is 2. The van der Waals surface area contributed by atoms with Crippen molar-refractivity contribution < 1.29 is 49.8 Å². The highest BCUT2D eigenvalue weighted by molar-refractivity contribution is 7.52. The van der Waals surface area contributed by atoms with Crippen LogP contribution in [-0.2, 0) is 18.8 Å². The number of halogens is 5. The van der Waals surface area contributed by atoms with Crippen LogP contribution in [0.5, 0.6) is 11.5 Å². The van der Waals surface area contributed by atoms with Crippen molar-refractivity contribution in [1.82, 2.24) is 5.09 Å². The lowest BCUT2D eigenvalue weighted by molar-refractivity contribution is -0.152. The van der Waals surface area contributed by atoms with E-state index < -0.39 is 60.7 Å². The molecular formula is C19H19F5NO6P. The van der Waals surface area contributed by atoms with Crippen molar-refractivity contribution in [2.75, 3.05) is 13.7 Å². The van der Waals surface area contributed by atoms with Crippen LogP contribution < -0.4 is 14.1 Å². The molecule has 2 aromatic rings. The lowest BCUT2D eigenvalue weighted by Gasteiger charge is -2.24. The Balaban J connectivity index is 2.39. The Labute approximate surface area is 180 Å². The zero-order valence-corrected chi connectivity index (χ0v) is 17.9. The Kier molecular flexibility index (Phi) is 8.59. The van der Waals surface area contributed by atoms with E-state index in [2.05, 4.69) is 9.61 Å². The van der Waals surface area contributed by atoms with Gasteiger partial charge in [-0.2, -0.15) is 13.9 Å². The van der Waals surface area contributed by atoms with Gasteiger partial charge in [0.25, 0.3) is 0 Å². The molecule has 1 N–H and O–H groups in total. The summed E-state index contributed by atoms with van der Waals surface area (Å²) in [5.41, 5.74) is 0. The molecule has 0 aliphatic rings. The fourth-order valence-corrected chi connectivity index (χ4v) is 3.86. The molecule has 0 aliphatic heterocycles. The molecule has 7 nitrogen and oxygen atoms in total. The summed E-state index contributed by atoms with van der Waals surface area (Å²) in [6.07, 6.45) is -0.706. The molecule has 0 spiro atoms. The van der Waals surface area contributed by atoms with Gasteiger partial charge < -0.3 is 18.5 Å². The molecule has 0 saturated carbocycles. The van der Waals surface area contributed by atoms with Gasteiger partial charge in [0, 0.05) is 7.11 Å². The first-order valence-corrected chi connectivity index (χ1v) is 10.6. The summed E-state index contributed by atoms with van der Waals surface area (Å²) in [6.45, 7) is 2.70. The van der Waals surface area contributed by atoms with E-state index in [1.165, 1.54) is 38.3 Å². The minimum Gasteiger partial charge on any atom is -0.459 e. The predicted octanol–water partition coefficient (Wildman–Crippen LogP) is 4.50. The van der Waals surface area contributed by atoms with Gasteiger partial charge in [0.05, 0.1) is 6.61 Å². The third-order valence-corrected chi connectivity index (χ3v) is 5.35. The molecule has 0 fully saturated rings. The molecule has 0 aromatic heterocycles. The number of ether oxygens (including phenoxy) is 2. The van der Waals surface area contributed by atoms with E-state index in [1.807, 2.05) is 0 Å². The average Bonchev–Trinajstić information content (AvgIpc) is 2.74. The van der Waals surface area contributed by atoms with Crippen LogP contribution in [0.3, 0.4) is 0 Å². The van der Waals surface area contributed by atoms with Gasteiger partial charge in [-0.05, 0) is 26.0 Å². The second-order valence-electron chi connectivity index (χ2n) is 6.45. The first kappa shape index (κ1) is 25.6. The van der Waals surface area contributed by atoms with Gasteiger partial charge in [0.2, 0.25) is 34.8 Å². The molecule has 0 heterocycles. The van der Waals surface area contributed by atoms with Crippen molar-refractivity contribution in [2.45, 2.75) is 26.0 Å². The van der Waals surface area contributed by atoms with E-state index in [9.17, 15) is 31.3 Å². The molecular weight excluding hydrogens is 464 g/mol. The third kappa shape index (κ3) is 6.18. The Morgan fingerprint density at radius 1 is 0.938 bits per heavy atom. The largest absolute Gasteiger partial charge is 0.513 e. The van der Waals surface area contributed by atoms with Crippen LogP contribution in [0.1, 0.15) is 13.8 Å². The van der Waals surface area contributed by atoms with Crippen molar-refractivity contribution in [3.63, 3.8) is 0 Å². The van der Waals surface area contributed by atoms with E-state index in [-0.39, 0.29) is 12.4 Å². The molecule has 0 bridgehead atoms. The Morgan fingerprint density at radius 3 is 2.00 bits per heavy atom. The minimum atomic E-state index is -4.96. The van der Waals surface area contributed by atoms with Crippen molar-refractivity contribution in [2.24, 2.45) is 0 Å².